The Kier molecular flexibility index (Phi) is 4.11. The largest absolute Gasteiger partial charge is 0.324 e. The summed E-state index contributed by atoms with van der Waals surface area (Å²) in [6.45, 7) is 4.55. The summed E-state index contributed by atoms with van der Waals surface area (Å²) >= 11 is 1.90. The predicted molar refractivity (Wildman–Crippen MR) is 62.1 cm³/mol. The molecule has 1 saturated carbocycles. The minimum absolute atomic E-state index is 0.120. The molecule has 2 N–H and O–H groups in total. The fraction of sp³-hybridized carbons (Fsp3) is 1.00. The molecule has 1 unspecified atom stereocenters. The third-order valence-electron chi connectivity index (χ3n) is 2.64. The molecular weight excluding hydrogens is 178 g/mol. The van der Waals surface area contributed by atoms with Gasteiger partial charge in [0.05, 0.1) is 0 Å². The maximum absolute atomic E-state index is 6.43. The zero-order chi connectivity index (χ0) is 9.90. The van der Waals surface area contributed by atoms with E-state index in [1.54, 1.807) is 0 Å². The third kappa shape index (κ3) is 4.37. The molecule has 1 aliphatic carbocycles. The molecule has 2 heteroatoms. The fourth-order valence-electron chi connectivity index (χ4n) is 2.20. The van der Waals surface area contributed by atoms with Gasteiger partial charge in [0.1, 0.15) is 0 Å². The Bertz CT molecular complexity index is 148. The number of nitrogens with two attached hydrogens (primary N) is 1. The highest BCUT2D eigenvalue weighted by molar-refractivity contribution is 7.98. The molecular formula is C11H23NS. The number of rotatable bonds is 6. The van der Waals surface area contributed by atoms with Crippen LogP contribution in [0, 0.1) is 11.8 Å². The summed E-state index contributed by atoms with van der Waals surface area (Å²) < 4.78 is 0. The van der Waals surface area contributed by atoms with Gasteiger partial charge < -0.3 is 5.73 Å². The summed E-state index contributed by atoms with van der Waals surface area (Å²) in [5.41, 5.74) is 6.55. The van der Waals surface area contributed by atoms with Gasteiger partial charge in [0.25, 0.3) is 0 Å². The molecule has 0 aliphatic heterocycles. The van der Waals surface area contributed by atoms with Gasteiger partial charge in [-0.05, 0) is 30.9 Å². The van der Waals surface area contributed by atoms with Crippen LogP contribution < -0.4 is 5.73 Å². The van der Waals surface area contributed by atoms with Crippen LogP contribution in [0.2, 0.25) is 0 Å². The zero-order valence-electron chi connectivity index (χ0n) is 9.18. The van der Waals surface area contributed by atoms with E-state index in [0.29, 0.717) is 0 Å². The lowest BCUT2D eigenvalue weighted by molar-refractivity contribution is 0.338. The van der Waals surface area contributed by atoms with E-state index in [1.807, 2.05) is 11.8 Å². The quantitative estimate of drug-likeness (QED) is 0.715. The van der Waals surface area contributed by atoms with E-state index in [2.05, 4.69) is 20.1 Å². The van der Waals surface area contributed by atoms with Gasteiger partial charge in [-0.3, -0.25) is 0 Å². The first kappa shape index (κ1) is 11.4. The van der Waals surface area contributed by atoms with Crippen LogP contribution in [-0.4, -0.2) is 17.5 Å². The normalized spacial score (nSPS) is 21.9. The SMILES string of the molecule is CSCC(N)(CC(C)C)CC1CC1. The average Bonchev–Trinajstić information content (AvgIpc) is 2.68. The summed E-state index contributed by atoms with van der Waals surface area (Å²) in [7, 11) is 0. The number of hydrogen-bond donors (Lipinski definition) is 1. The molecule has 0 radical (unpaired) electrons. The first-order chi connectivity index (χ1) is 6.06. The highest BCUT2D eigenvalue weighted by Crippen LogP contribution is 2.38. The Labute approximate surface area is 86.8 Å². The molecule has 0 bridgehead atoms. The second kappa shape index (κ2) is 4.70. The van der Waals surface area contributed by atoms with Crippen molar-refractivity contribution in [1.82, 2.24) is 0 Å². The van der Waals surface area contributed by atoms with Crippen LogP contribution in [-0.2, 0) is 0 Å². The van der Waals surface area contributed by atoms with Gasteiger partial charge in [-0.2, -0.15) is 11.8 Å². The maximum atomic E-state index is 6.43. The second-order valence-corrected chi connectivity index (χ2v) is 5.91. The van der Waals surface area contributed by atoms with E-state index in [-0.39, 0.29) is 5.54 Å². The van der Waals surface area contributed by atoms with Crippen molar-refractivity contribution in [3.63, 3.8) is 0 Å². The van der Waals surface area contributed by atoms with Crippen molar-refractivity contribution < 1.29 is 0 Å². The lowest BCUT2D eigenvalue weighted by Crippen LogP contribution is -2.44. The Morgan fingerprint density at radius 1 is 1.46 bits per heavy atom. The standard InChI is InChI=1S/C11H23NS/c1-9(2)6-11(12,8-13-3)7-10-4-5-10/h9-10H,4-8,12H2,1-3H3. The Morgan fingerprint density at radius 3 is 2.46 bits per heavy atom. The first-order valence-electron chi connectivity index (χ1n) is 5.33. The van der Waals surface area contributed by atoms with Crippen LogP contribution in [0.5, 0.6) is 0 Å². The maximum Gasteiger partial charge on any atom is 0.0251 e. The van der Waals surface area contributed by atoms with Crippen molar-refractivity contribution in [1.29, 1.82) is 0 Å². The Hall–Kier alpha value is 0.310. The molecule has 13 heavy (non-hydrogen) atoms. The minimum atomic E-state index is 0.120. The van der Waals surface area contributed by atoms with E-state index < -0.39 is 0 Å². The van der Waals surface area contributed by atoms with Crippen molar-refractivity contribution in [2.24, 2.45) is 17.6 Å². The van der Waals surface area contributed by atoms with E-state index in [9.17, 15) is 0 Å². The van der Waals surface area contributed by atoms with Gasteiger partial charge in [0, 0.05) is 11.3 Å². The Balaban J connectivity index is 2.39. The van der Waals surface area contributed by atoms with Crippen LogP contribution in [0.15, 0.2) is 0 Å². The first-order valence-corrected chi connectivity index (χ1v) is 6.73. The molecule has 0 heterocycles. The molecule has 0 aromatic carbocycles. The van der Waals surface area contributed by atoms with Crippen molar-refractivity contribution in [3.05, 3.63) is 0 Å². The smallest absolute Gasteiger partial charge is 0.0251 e. The van der Waals surface area contributed by atoms with Gasteiger partial charge in [0.2, 0.25) is 0 Å². The molecule has 0 aromatic heterocycles. The average molecular weight is 201 g/mol. The van der Waals surface area contributed by atoms with Crippen molar-refractivity contribution in [2.75, 3.05) is 12.0 Å². The molecule has 78 valence electrons. The molecule has 1 rings (SSSR count). The van der Waals surface area contributed by atoms with Crippen LogP contribution in [0.3, 0.4) is 0 Å². The van der Waals surface area contributed by atoms with E-state index in [4.69, 9.17) is 5.73 Å². The van der Waals surface area contributed by atoms with Crippen LogP contribution in [0.25, 0.3) is 0 Å². The molecule has 1 nitrogen and oxygen atoms in total. The number of thioether (sulfide) groups is 1. The van der Waals surface area contributed by atoms with Crippen molar-refractivity contribution in [3.8, 4) is 0 Å². The molecule has 1 aliphatic rings. The topological polar surface area (TPSA) is 26.0 Å². The molecule has 1 atom stereocenters. The third-order valence-corrected chi connectivity index (χ3v) is 3.50. The molecule has 0 aromatic rings. The summed E-state index contributed by atoms with van der Waals surface area (Å²) in [5.74, 6) is 2.81. The second-order valence-electron chi connectivity index (χ2n) is 5.04. The summed E-state index contributed by atoms with van der Waals surface area (Å²) in [6.07, 6.45) is 7.45. The van der Waals surface area contributed by atoms with Crippen molar-refractivity contribution in [2.45, 2.75) is 45.1 Å². The Morgan fingerprint density at radius 2 is 2.08 bits per heavy atom. The lowest BCUT2D eigenvalue weighted by Gasteiger charge is -2.30. The molecule has 1 fully saturated rings. The number of hydrogen-bond acceptors (Lipinski definition) is 2. The van der Waals surface area contributed by atoms with Gasteiger partial charge in [0.15, 0.2) is 0 Å². The van der Waals surface area contributed by atoms with Gasteiger partial charge >= 0.3 is 0 Å². The summed E-state index contributed by atoms with van der Waals surface area (Å²) in [4.78, 5) is 0. The molecule has 0 amide bonds. The van der Waals surface area contributed by atoms with Gasteiger partial charge in [-0.25, -0.2) is 0 Å². The monoisotopic (exact) mass is 201 g/mol. The van der Waals surface area contributed by atoms with Crippen LogP contribution in [0.4, 0.5) is 0 Å². The predicted octanol–water partition coefficient (Wildman–Crippen LogP) is 2.89. The van der Waals surface area contributed by atoms with E-state index in [0.717, 1.165) is 17.6 Å². The zero-order valence-corrected chi connectivity index (χ0v) is 9.99. The van der Waals surface area contributed by atoms with E-state index >= 15 is 0 Å². The lowest BCUT2D eigenvalue weighted by atomic mass is 9.87. The summed E-state index contributed by atoms with van der Waals surface area (Å²) in [6, 6.07) is 0. The van der Waals surface area contributed by atoms with E-state index in [1.165, 1.54) is 25.7 Å². The van der Waals surface area contributed by atoms with Gasteiger partial charge in [-0.1, -0.05) is 26.7 Å². The van der Waals surface area contributed by atoms with Crippen LogP contribution >= 0.6 is 11.8 Å². The highest BCUT2D eigenvalue weighted by Gasteiger charge is 2.33. The molecule has 0 saturated heterocycles. The van der Waals surface area contributed by atoms with Crippen LogP contribution in [0.1, 0.15) is 39.5 Å². The highest BCUT2D eigenvalue weighted by atomic mass is 32.2. The molecule has 0 spiro atoms. The fourth-order valence-corrected chi connectivity index (χ4v) is 3.01. The van der Waals surface area contributed by atoms with Crippen molar-refractivity contribution >= 4 is 11.8 Å². The minimum Gasteiger partial charge on any atom is -0.324 e. The summed E-state index contributed by atoms with van der Waals surface area (Å²) in [5, 5.41) is 0. The van der Waals surface area contributed by atoms with Gasteiger partial charge in [-0.15, -0.1) is 0 Å².